The number of carbonyl (C=O) groups excluding carboxylic acids is 3. The molecule has 11 heteroatoms. The second-order valence-electron chi connectivity index (χ2n) is 8.73. The van der Waals surface area contributed by atoms with Crippen molar-refractivity contribution in [1.29, 1.82) is 0 Å². The second-order valence-corrected chi connectivity index (χ2v) is 9.64. The lowest BCUT2D eigenvalue weighted by Crippen LogP contribution is -2.51. The number of primary amides is 1. The highest BCUT2D eigenvalue weighted by atomic mass is 79.9. The average Bonchev–Trinajstić information content (AvgIpc) is 2.76. The van der Waals surface area contributed by atoms with E-state index >= 15 is 0 Å². The lowest BCUT2D eigenvalue weighted by atomic mass is 9.84. The van der Waals surface area contributed by atoms with Crippen molar-refractivity contribution in [3.8, 4) is 0 Å². The maximum atomic E-state index is 13.2. The molecule has 2 aliphatic rings. The third-order valence-corrected chi connectivity index (χ3v) is 6.68. The second kappa shape index (κ2) is 11.2. The first kappa shape index (κ1) is 25.4. The quantitative estimate of drug-likeness (QED) is 0.504. The molecule has 0 atom stereocenters. The molecular weight excluding hydrogens is 500 g/mol. The molecule has 1 saturated heterocycles. The molecule has 2 fully saturated rings. The third kappa shape index (κ3) is 7.92. The minimum Gasteiger partial charge on any atom is -0.351 e. The minimum absolute atomic E-state index is 0.0461. The van der Waals surface area contributed by atoms with Crippen molar-refractivity contribution in [3.05, 3.63) is 28.2 Å². The Balaban J connectivity index is 1.40. The van der Waals surface area contributed by atoms with Crippen molar-refractivity contribution in [1.82, 2.24) is 15.1 Å². The van der Waals surface area contributed by atoms with E-state index in [1.54, 1.807) is 11.0 Å². The van der Waals surface area contributed by atoms with E-state index in [-0.39, 0.29) is 43.5 Å². The molecular formula is C22H30BrF2N5O3. The van der Waals surface area contributed by atoms with Crippen molar-refractivity contribution in [2.45, 2.75) is 44.6 Å². The average molecular weight is 530 g/mol. The SMILES string of the molecule is NC(=O)Nc1ccc(Br)cc1CN1CCN(C(=O)CNC(=O)CC2CCC(F)(F)CC2)CC1. The lowest BCUT2D eigenvalue weighted by Gasteiger charge is -2.35. The molecule has 0 unspecified atom stereocenters. The third-order valence-electron chi connectivity index (χ3n) is 6.19. The van der Waals surface area contributed by atoms with Crippen molar-refractivity contribution < 1.29 is 23.2 Å². The number of piperazine rings is 1. The molecule has 0 bridgehead atoms. The molecule has 8 nitrogen and oxygen atoms in total. The van der Waals surface area contributed by atoms with Gasteiger partial charge in [-0.2, -0.15) is 0 Å². The monoisotopic (exact) mass is 529 g/mol. The van der Waals surface area contributed by atoms with E-state index in [4.69, 9.17) is 5.73 Å². The van der Waals surface area contributed by atoms with Crippen LogP contribution in [0.15, 0.2) is 22.7 Å². The molecule has 4 N–H and O–H groups in total. The normalized spacial score (nSPS) is 19.2. The Kier molecular flexibility index (Phi) is 8.63. The minimum atomic E-state index is -2.61. The van der Waals surface area contributed by atoms with Crippen LogP contribution < -0.4 is 16.4 Å². The summed E-state index contributed by atoms with van der Waals surface area (Å²) in [4.78, 5) is 39.8. The van der Waals surface area contributed by atoms with Crippen molar-refractivity contribution in [2.24, 2.45) is 11.7 Å². The van der Waals surface area contributed by atoms with Crippen LogP contribution in [0.25, 0.3) is 0 Å². The van der Waals surface area contributed by atoms with Crippen LogP contribution in [0.3, 0.4) is 0 Å². The molecule has 1 aromatic carbocycles. The van der Waals surface area contributed by atoms with Crippen LogP contribution in [-0.4, -0.2) is 66.3 Å². The number of nitrogens with one attached hydrogen (secondary N) is 2. The first-order valence-corrected chi connectivity index (χ1v) is 11.9. The zero-order valence-corrected chi connectivity index (χ0v) is 20.0. The van der Waals surface area contributed by atoms with Crippen LogP contribution in [0.5, 0.6) is 0 Å². The van der Waals surface area contributed by atoms with Crippen molar-refractivity contribution in [3.63, 3.8) is 0 Å². The molecule has 0 spiro atoms. The van der Waals surface area contributed by atoms with Gasteiger partial charge in [-0.3, -0.25) is 14.5 Å². The number of nitrogens with two attached hydrogens (primary N) is 1. The van der Waals surface area contributed by atoms with Gasteiger partial charge < -0.3 is 21.3 Å². The van der Waals surface area contributed by atoms with Gasteiger partial charge in [-0.15, -0.1) is 0 Å². The Morgan fingerprint density at radius 1 is 1.12 bits per heavy atom. The van der Waals surface area contributed by atoms with Gasteiger partial charge in [0.05, 0.1) is 6.54 Å². The molecule has 33 heavy (non-hydrogen) atoms. The molecule has 1 heterocycles. The van der Waals surface area contributed by atoms with Crippen LogP contribution in [-0.2, 0) is 16.1 Å². The van der Waals surface area contributed by atoms with Gasteiger partial charge in [-0.05, 0) is 42.5 Å². The first-order chi connectivity index (χ1) is 15.6. The molecule has 182 valence electrons. The highest BCUT2D eigenvalue weighted by molar-refractivity contribution is 9.10. The fraction of sp³-hybridized carbons (Fsp3) is 0.591. The molecule has 1 saturated carbocycles. The van der Waals surface area contributed by atoms with Crippen LogP contribution in [0.4, 0.5) is 19.3 Å². The summed E-state index contributed by atoms with van der Waals surface area (Å²) in [6.45, 7) is 2.86. The zero-order chi connectivity index (χ0) is 24.0. The summed E-state index contributed by atoms with van der Waals surface area (Å²) in [5.74, 6) is -3.07. The maximum Gasteiger partial charge on any atom is 0.316 e. The van der Waals surface area contributed by atoms with Gasteiger partial charge in [0.25, 0.3) is 0 Å². The largest absolute Gasteiger partial charge is 0.351 e. The van der Waals surface area contributed by atoms with Gasteiger partial charge in [0.2, 0.25) is 17.7 Å². The van der Waals surface area contributed by atoms with Gasteiger partial charge in [0.1, 0.15) is 0 Å². The van der Waals surface area contributed by atoms with Gasteiger partial charge in [0, 0.05) is 62.1 Å². The molecule has 0 radical (unpaired) electrons. The number of hydrogen-bond acceptors (Lipinski definition) is 4. The van der Waals surface area contributed by atoms with Gasteiger partial charge >= 0.3 is 6.03 Å². The molecule has 3 rings (SSSR count). The van der Waals surface area contributed by atoms with Crippen molar-refractivity contribution in [2.75, 3.05) is 38.0 Å². The number of carbonyl (C=O) groups is 3. The lowest BCUT2D eigenvalue weighted by molar-refractivity contribution is -0.134. The Morgan fingerprint density at radius 2 is 1.79 bits per heavy atom. The Labute approximate surface area is 200 Å². The fourth-order valence-electron chi connectivity index (χ4n) is 4.27. The standard InChI is InChI=1S/C22H30BrF2N5O3/c23-17-1-2-18(28-21(26)33)16(12-17)14-29-7-9-30(10-8-29)20(32)13-27-19(31)11-15-3-5-22(24,25)6-4-15/h1-2,12,15H,3-11,13-14H2,(H,27,31)(H3,26,28,33). The molecule has 1 aromatic rings. The first-order valence-electron chi connectivity index (χ1n) is 11.1. The van der Waals surface area contributed by atoms with E-state index in [0.717, 1.165) is 10.0 Å². The number of halogens is 3. The summed E-state index contributed by atoms with van der Waals surface area (Å²) in [6.07, 6.45) is 0.518. The van der Waals surface area contributed by atoms with Gasteiger partial charge in [-0.1, -0.05) is 15.9 Å². The molecule has 1 aliphatic heterocycles. The van der Waals surface area contributed by atoms with Crippen molar-refractivity contribution >= 4 is 39.5 Å². The molecule has 4 amide bonds. The number of alkyl halides is 2. The van der Waals surface area contributed by atoms with Crippen LogP contribution in [0, 0.1) is 5.92 Å². The predicted molar refractivity (Wildman–Crippen MR) is 124 cm³/mol. The fourth-order valence-corrected chi connectivity index (χ4v) is 4.68. The van der Waals surface area contributed by atoms with Crippen LogP contribution in [0.1, 0.15) is 37.7 Å². The topological polar surface area (TPSA) is 108 Å². The van der Waals surface area contributed by atoms with E-state index in [9.17, 15) is 23.2 Å². The van der Waals surface area contributed by atoms with Gasteiger partial charge in [-0.25, -0.2) is 13.6 Å². The number of hydrogen-bond donors (Lipinski definition) is 3. The smallest absolute Gasteiger partial charge is 0.316 e. The van der Waals surface area contributed by atoms with E-state index in [0.29, 0.717) is 51.3 Å². The summed E-state index contributed by atoms with van der Waals surface area (Å²) in [6, 6.07) is 4.90. The van der Waals surface area contributed by atoms with Crippen LogP contribution in [0.2, 0.25) is 0 Å². The van der Waals surface area contributed by atoms with E-state index in [2.05, 4.69) is 31.5 Å². The van der Waals surface area contributed by atoms with E-state index < -0.39 is 12.0 Å². The maximum absolute atomic E-state index is 13.2. The highest BCUT2D eigenvalue weighted by Gasteiger charge is 2.35. The summed E-state index contributed by atoms with van der Waals surface area (Å²) in [7, 11) is 0. The Bertz CT molecular complexity index is 868. The zero-order valence-electron chi connectivity index (χ0n) is 18.4. The molecule has 0 aromatic heterocycles. The highest BCUT2D eigenvalue weighted by Crippen LogP contribution is 2.37. The Hall–Kier alpha value is -2.27. The van der Waals surface area contributed by atoms with E-state index in [1.165, 1.54) is 0 Å². The summed E-state index contributed by atoms with van der Waals surface area (Å²) < 4.78 is 27.4. The van der Waals surface area contributed by atoms with Gasteiger partial charge in [0.15, 0.2) is 0 Å². The number of amides is 4. The summed E-state index contributed by atoms with van der Waals surface area (Å²) >= 11 is 3.44. The number of nitrogens with zero attached hydrogens (tertiary/aromatic N) is 2. The predicted octanol–water partition coefficient (Wildman–Crippen LogP) is 2.92. The summed E-state index contributed by atoms with van der Waals surface area (Å²) in [5.41, 5.74) is 6.81. The van der Waals surface area contributed by atoms with E-state index in [1.807, 2.05) is 12.1 Å². The molecule has 1 aliphatic carbocycles. The number of benzene rings is 1. The van der Waals surface area contributed by atoms with Crippen LogP contribution >= 0.6 is 15.9 Å². The Morgan fingerprint density at radius 3 is 2.42 bits per heavy atom. The number of rotatable bonds is 7. The number of urea groups is 1. The summed E-state index contributed by atoms with van der Waals surface area (Å²) in [5, 5.41) is 5.27. The number of anilines is 1.